The van der Waals surface area contributed by atoms with Crippen molar-refractivity contribution in [2.75, 3.05) is 6.61 Å². The van der Waals surface area contributed by atoms with Crippen LogP contribution in [0.15, 0.2) is 11.3 Å². The molecule has 0 aromatic heterocycles. The van der Waals surface area contributed by atoms with Crippen molar-refractivity contribution in [1.29, 1.82) is 0 Å². The summed E-state index contributed by atoms with van der Waals surface area (Å²) in [5, 5.41) is 2.47. The van der Waals surface area contributed by atoms with Gasteiger partial charge in [0.2, 0.25) is 6.41 Å². The molecule has 0 aromatic rings. The molecular formula is C13H23NO4. The van der Waals surface area contributed by atoms with Crippen molar-refractivity contribution in [2.45, 2.75) is 52.2 Å². The number of amides is 1. The molecule has 0 saturated carbocycles. The summed E-state index contributed by atoms with van der Waals surface area (Å²) >= 11 is 0. The van der Waals surface area contributed by atoms with Crippen molar-refractivity contribution >= 4 is 12.4 Å². The van der Waals surface area contributed by atoms with Crippen molar-refractivity contribution in [2.24, 2.45) is 0 Å². The fourth-order valence-corrected chi connectivity index (χ4v) is 2.14. The van der Waals surface area contributed by atoms with Gasteiger partial charge in [0, 0.05) is 1.43 Å². The fraction of sp³-hybridized carbons (Fsp3) is 0.692. The second-order valence-electron chi connectivity index (χ2n) is 4.35. The number of carbonyl (C=O) groups excluding carboxylic acids is 2. The first-order valence-electron chi connectivity index (χ1n) is 6.37. The van der Waals surface area contributed by atoms with Gasteiger partial charge in [-0.15, -0.1) is 0 Å². The molecule has 1 rings (SSSR count). The van der Waals surface area contributed by atoms with Crippen LogP contribution in [0.4, 0.5) is 0 Å². The monoisotopic (exact) mass is 257 g/mol. The van der Waals surface area contributed by atoms with Crippen molar-refractivity contribution in [3.05, 3.63) is 11.3 Å². The molecule has 18 heavy (non-hydrogen) atoms. The van der Waals surface area contributed by atoms with E-state index in [9.17, 15) is 9.59 Å². The minimum atomic E-state index is -0.469. The maximum Gasteiger partial charge on any atom is 0.354 e. The zero-order chi connectivity index (χ0) is 13.5. The summed E-state index contributed by atoms with van der Waals surface area (Å²) in [7, 11) is 0. The highest BCUT2D eigenvalue weighted by atomic mass is 16.5. The van der Waals surface area contributed by atoms with Crippen LogP contribution in [0.3, 0.4) is 0 Å². The highest BCUT2D eigenvalue weighted by molar-refractivity contribution is 5.91. The Bertz CT molecular complexity index is 344. The maximum atomic E-state index is 11.8. The van der Waals surface area contributed by atoms with Gasteiger partial charge < -0.3 is 14.8 Å². The topological polar surface area (TPSA) is 64.6 Å². The van der Waals surface area contributed by atoms with Crippen LogP contribution in [-0.2, 0) is 19.1 Å². The van der Waals surface area contributed by atoms with Gasteiger partial charge in [-0.2, -0.15) is 0 Å². The van der Waals surface area contributed by atoms with Gasteiger partial charge in [0.1, 0.15) is 5.70 Å². The molecule has 2 atom stereocenters. The van der Waals surface area contributed by atoms with Crippen LogP contribution in [0.5, 0.6) is 0 Å². The van der Waals surface area contributed by atoms with Crippen LogP contribution in [0.25, 0.3) is 0 Å². The Hall–Kier alpha value is -1.36. The molecule has 1 fully saturated rings. The summed E-state index contributed by atoms with van der Waals surface area (Å²) < 4.78 is 10.7. The Morgan fingerprint density at radius 1 is 1.56 bits per heavy atom. The lowest BCUT2D eigenvalue weighted by atomic mass is 9.95. The number of rotatable bonds is 5. The first-order chi connectivity index (χ1) is 8.62. The average molecular weight is 257 g/mol. The predicted molar refractivity (Wildman–Crippen MR) is 68.8 cm³/mol. The Balaban J connectivity index is 0.00000324. The van der Waals surface area contributed by atoms with E-state index in [1.807, 2.05) is 13.8 Å². The van der Waals surface area contributed by atoms with E-state index in [1.54, 1.807) is 6.92 Å². The second-order valence-corrected chi connectivity index (χ2v) is 4.35. The first kappa shape index (κ1) is 14.7. The minimum absolute atomic E-state index is 0. The lowest BCUT2D eigenvalue weighted by molar-refractivity contribution is -0.139. The lowest BCUT2D eigenvalue weighted by Crippen LogP contribution is -2.31. The average Bonchev–Trinajstić information content (AvgIpc) is 2.35. The summed E-state index contributed by atoms with van der Waals surface area (Å²) in [5.74, 6) is -0.469. The van der Waals surface area contributed by atoms with Crippen LogP contribution in [0.1, 0.15) is 41.5 Å². The van der Waals surface area contributed by atoms with Crippen molar-refractivity contribution in [1.82, 2.24) is 5.32 Å². The Morgan fingerprint density at radius 3 is 2.83 bits per heavy atom. The highest BCUT2D eigenvalue weighted by Crippen LogP contribution is 2.27. The molecule has 1 aliphatic heterocycles. The zero-order valence-corrected chi connectivity index (χ0v) is 11.2. The SMILES string of the molecule is CCOC(=O)/C(NC=O)=C1\CC(C)O[C@H](CC)C1.[HH]. The Labute approximate surface area is 109 Å². The smallest absolute Gasteiger partial charge is 0.354 e. The van der Waals surface area contributed by atoms with E-state index in [1.165, 1.54) is 0 Å². The van der Waals surface area contributed by atoms with E-state index in [0.717, 1.165) is 12.0 Å². The number of ether oxygens (including phenoxy) is 2. The molecule has 104 valence electrons. The molecule has 1 amide bonds. The number of nitrogens with one attached hydrogen (secondary N) is 1. The second kappa shape index (κ2) is 7.16. The molecule has 1 N–H and O–H groups in total. The van der Waals surface area contributed by atoms with Crippen LogP contribution in [-0.4, -0.2) is 31.2 Å². The van der Waals surface area contributed by atoms with E-state index in [2.05, 4.69) is 5.32 Å². The van der Waals surface area contributed by atoms with Crippen molar-refractivity contribution in [3.63, 3.8) is 0 Å². The van der Waals surface area contributed by atoms with E-state index in [4.69, 9.17) is 9.47 Å². The summed E-state index contributed by atoms with van der Waals surface area (Å²) in [6.07, 6.45) is 2.85. The fourth-order valence-electron chi connectivity index (χ4n) is 2.14. The first-order valence-corrected chi connectivity index (χ1v) is 6.37. The van der Waals surface area contributed by atoms with E-state index >= 15 is 0 Å². The molecule has 1 aliphatic rings. The predicted octanol–water partition coefficient (Wildman–Crippen LogP) is 1.77. The zero-order valence-electron chi connectivity index (χ0n) is 11.2. The van der Waals surface area contributed by atoms with Gasteiger partial charge in [0.05, 0.1) is 18.8 Å². The third kappa shape index (κ3) is 3.84. The van der Waals surface area contributed by atoms with Crippen molar-refractivity contribution in [3.8, 4) is 0 Å². The minimum Gasteiger partial charge on any atom is -0.461 e. The number of hydrogen-bond donors (Lipinski definition) is 1. The lowest BCUT2D eigenvalue weighted by Gasteiger charge is -2.30. The summed E-state index contributed by atoms with van der Waals surface area (Å²) in [6, 6.07) is 0. The molecular weight excluding hydrogens is 234 g/mol. The highest BCUT2D eigenvalue weighted by Gasteiger charge is 2.26. The Kier molecular flexibility index (Phi) is 5.85. The molecule has 5 heteroatoms. The van der Waals surface area contributed by atoms with Gasteiger partial charge in [-0.25, -0.2) is 4.79 Å². The summed E-state index contributed by atoms with van der Waals surface area (Å²) in [6.45, 7) is 6.03. The van der Waals surface area contributed by atoms with Crippen molar-refractivity contribution < 1.29 is 20.5 Å². The van der Waals surface area contributed by atoms with Crippen LogP contribution in [0, 0.1) is 0 Å². The Morgan fingerprint density at radius 2 is 2.28 bits per heavy atom. The third-order valence-electron chi connectivity index (χ3n) is 2.92. The van der Waals surface area contributed by atoms with E-state index in [-0.39, 0.29) is 19.3 Å². The van der Waals surface area contributed by atoms with E-state index in [0.29, 0.717) is 25.9 Å². The summed E-state index contributed by atoms with van der Waals surface area (Å²) in [4.78, 5) is 22.4. The van der Waals surface area contributed by atoms with Gasteiger partial charge in [0.25, 0.3) is 0 Å². The number of hydrogen-bond acceptors (Lipinski definition) is 4. The largest absolute Gasteiger partial charge is 0.461 e. The summed E-state index contributed by atoms with van der Waals surface area (Å²) in [5.41, 5.74) is 1.19. The van der Waals surface area contributed by atoms with E-state index < -0.39 is 5.97 Å². The molecule has 5 nitrogen and oxygen atoms in total. The van der Waals surface area contributed by atoms with Crippen LogP contribution in [0.2, 0.25) is 0 Å². The molecule has 0 bridgehead atoms. The van der Waals surface area contributed by atoms with Gasteiger partial charge in [-0.1, -0.05) is 6.92 Å². The molecule has 0 aromatic carbocycles. The standard InChI is InChI=1S/C13H21NO4.H2/c1-4-11-7-10(6-9(3)18-11)12(14-8-15)13(16)17-5-2;/h8-9,11H,4-7H2,1-3H3,(H,14,15);1H/b12-10-;/t9?,11-;/m1./s1. The molecule has 1 heterocycles. The third-order valence-corrected chi connectivity index (χ3v) is 2.92. The molecule has 1 unspecified atom stereocenters. The van der Waals surface area contributed by atoms with Gasteiger partial charge in [-0.3, -0.25) is 4.79 Å². The quantitative estimate of drug-likeness (QED) is 0.463. The van der Waals surface area contributed by atoms with Crippen LogP contribution < -0.4 is 5.32 Å². The number of esters is 1. The molecule has 0 aliphatic carbocycles. The van der Waals surface area contributed by atoms with Crippen LogP contribution >= 0.6 is 0 Å². The normalized spacial score (nSPS) is 26.4. The van der Waals surface area contributed by atoms with Gasteiger partial charge >= 0.3 is 5.97 Å². The van der Waals surface area contributed by atoms with Gasteiger partial charge in [-0.05, 0) is 38.7 Å². The van der Waals surface area contributed by atoms with Gasteiger partial charge in [0.15, 0.2) is 0 Å². The molecule has 0 spiro atoms. The number of carbonyl (C=O) groups is 2. The molecule has 1 saturated heterocycles. The maximum absolute atomic E-state index is 11.8. The molecule has 0 radical (unpaired) electrons.